The summed E-state index contributed by atoms with van der Waals surface area (Å²) in [5.41, 5.74) is -1.06. The molecule has 0 atom stereocenters. The van der Waals surface area contributed by atoms with Crippen LogP contribution in [0.4, 0.5) is 5.69 Å². The molecular weight excluding hydrogens is 276 g/mol. The van der Waals surface area contributed by atoms with Crippen molar-refractivity contribution in [2.45, 2.75) is 11.9 Å². The van der Waals surface area contributed by atoms with Crippen molar-refractivity contribution in [3.05, 3.63) is 27.9 Å². The van der Waals surface area contributed by atoms with Crippen molar-refractivity contribution < 1.29 is 24.4 Å². The molecule has 1 rings (SSSR count). The number of nitro groups is 1. The third-order valence-corrected chi connectivity index (χ3v) is 2.83. The molecule has 19 heavy (non-hydrogen) atoms. The summed E-state index contributed by atoms with van der Waals surface area (Å²) in [5.74, 6) is -1.94. The average molecular weight is 286 g/mol. The van der Waals surface area contributed by atoms with Crippen LogP contribution in [0.25, 0.3) is 0 Å². The van der Waals surface area contributed by atoms with Gasteiger partial charge in [0.1, 0.15) is 11.8 Å². The largest absolute Gasteiger partial charge is 0.477 e. The third kappa shape index (κ3) is 4.21. The molecule has 9 heteroatoms. The van der Waals surface area contributed by atoms with Crippen molar-refractivity contribution in [2.24, 2.45) is 0 Å². The Labute approximate surface area is 111 Å². The summed E-state index contributed by atoms with van der Waals surface area (Å²) < 4.78 is 4.69. The monoisotopic (exact) mass is 286 g/mol. The number of ether oxygens (including phenoxy) is 1. The lowest BCUT2D eigenvalue weighted by Crippen LogP contribution is -2.07. The molecule has 0 saturated heterocycles. The van der Waals surface area contributed by atoms with E-state index in [9.17, 15) is 19.7 Å². The van der Waals surface area contributed by atoms with Gasteiger partial charge in [0.25, 0.3) is 0 Å². The Morgan fingerprint density at radius 2 is 2.26 bits per heavy atom. The smallest absolute Gasteiger partial charge is 0.342 e. The minimum atomic E-state index is -1.42. The number of carbonyl (C=O) groups is 2. The lowest BCUT2D eigenvalue weighted by molar-refractivity contribution is -0.385. The minimum Gasteiger partial charge on any atom is -0.477 e. The number of carbonyl (C=O) groups excluding carboxylic acids is 1. The first-order valence-corrected chi connectivity index (χ1v) is 6.10. The Bertz CT molecular complexity index is 519. The van der Waals surface area contributed by atoms with Crippen LogP contribution in [0.1, 0.15) is 17.3 Å². The van der Waals surface area contributed by atoms with E-state index in [-0.39, 0.29) is 17.4 Å². The second-order valence-electron chi connectivity index (χ2n) is 3.20. The Morgan fingerprint density at radius 1 is 1.58 bits per heavy atom. The third-order valence-electron chi connectivity index (χ3n) is 1.93. The van der Waals surface area contributed by atoms with E-state index in [0.29, 0.717) is 0 Å². The zero-order valence-electron chi connectivity index (χ0n) is 9.86. The van der Waals surface area contributed by atoms with Crippen molar-refractivity contribution in [3.63, 3.8) is 0 Å². The second kappa shape index (κ2) is 6.69. The number of pyridine rings is 1. The number of esters is 1. The van der Waals surface area contributed by atoms with Crippen molar-refractivity contribution >= 4 is 29.4 Å². The number of hydrogen-bond acceptors (Lipinski definition) is 7. The zero-order valence-corrected chi connectivity index (χ0v) is 10.7. The Hall–Kier alpha value is -2.16. The Balaban J connectivity index is 2.87. The molecule has 0 aliphatic heterocycles. The standard InChI is InChI=1S/C10H10N2O6S/c1-2-18-9(13)5-19-8-3-6(10(14)15)7(4-11-8)12(16)17/h3-4H,2,5H2,1H3,(H,14,15). The zero-order chi connectivity index (χ0) is 14.4. The van der Waals surface area contributed by atoms with Gasteiger partial charge in [-0.25, -0.2) is 9.78 Å². The van der Waals surface area contributed by atoms with Gasteiger partial charge in [0.2, 0.25) is 0 Å². The maximum atomic E-state index is 11.1. The summed E-state index contributed by atoms with van der Waals surface area (Å²) in [5, 5.41) is 19.7. The number of aromatic nitrogens is 1. The molecule has 1 aromatic heterocycles. The van der Waals surface area contributed by atoms with Crippen molar-refractivity contribution in [1.29, 1.82) is 0 Å². The lowest BCUT2D eigenvalue weighted by atomic mass is 10.2. The quantitative estimate of drug-likeness (QED) is 0.360. The first kappa shape index (κ1) is 14.9. The number of carboxylic acids is 1. The second-order valence-corrected chi connectivity index (χ2v) is 4.19. The first-order valence-electron chi connectivity index (χ1n) is 5.11. The van der Waals surface area contributed by atoms with Gasteiger partial charge in [0, 0.05) is 0 Å². The number of thioether (sulfide) groups is 1. The summed E-state index contributed by atoms with van der Waals surface area (Å²) in [6, 6.07) is 1.06. The van der Waals surface area contributed by atoms with Crippen LogP contribution in [0.5, 0.6) is 0 Å². The van der Waals surface area contributed by atoms with E-state index in [2.05, 4.69) is 4.98 Å². The first-order chi connectivity index (χ1) is 8.95. The van der Waals surface area contributed by atoms with E-state index < -0.39 is 28.1 Å². The molecule has 0 aliphatic rings. The Kier molecular flexibility index (Phi) is 5.24. The van der Waals surface area contributed by atoms with Crippen molar-refractivity contribution in [3.8, 4) is 0 Å². The van der Waals surface area contributed by atoms with E-state index in [1.165, 1.54) is 0 Å². The number of nitrogens with zero attached hydrogens (tertiary/aromatic N) is 2. The van der Waals surface area contributed by atoms with Gasteiger partial charge in [0.15, 0.2) is 0 Å². The van der Waals surface area contributed by atoms with E-state index in [1.54, 1.807) is 6.92 Å². The predicted molar refractivity (Wildman–Crippen MR) is 65.2 cm³/mol. The lowest BCUT2D eigenvalue weighted by Gasteiger charge is -2.03. The summed E-state index contributed by atoms with van der Waals surface area (Å²) in [4.78, 5) is 35.5. The SMILES string of the molecule is CCOC(=O)CSc1cc(C(=O)O)c([N+](=O)[O-])cn1. The molecule has 8 nitrogen and oxygen atoms in total. The summed E-state index contributed by atoms with van der Waals surface area (Å²) in [6.07, 6.45) is 0.858. The molecule has 0 bridgehead atoms. The highest BCUT2D eigenvalue weighted by molar-refractivity contribution is 7.99. The summed E-state index contributed by atoms with van der Waals surface area (Å²) in [6.45, 7) is 1.91. The van der Waals surface area contributed by atoms with Gasteiger partial charge in [0.05, 0.1) is 22.3 Å². The number of carboxylic acid groups (broad SMARTS) is 1. The molecule has 1 heterocycles. The molecule has 0 unspecified atom stereocenters. The van der Waals surface area contributed by atoms with Crippen LogP contribution in [-0.2, 0) is 9.53 Å². The molecule has 0 spiro atoms. The molecule has 0 radical (unpaired) electrons. The predicted octanol–water partition coefficient (Wildman–Crippen LogP) is 1.34. The van der Waals surface area contributed by atoms with E-state index in [0.717, 1.165) is 24.0 Å². The molecule has 0 saturated carbocycles. The minimum absolute atomic E-state index is 0.0439. The van der Waals surface area contributed by atoms with Crippen LogP contribution in [0.2, 0.25) is 0 Å². The molecule has 1 aromatic rings. The Morgan fingerprint density at radius 3 is 2.79 bits per heavy atom. The van der Waals surface area contributed by atoms with Crippen LogP contribution in [-0.4, -0.2) is 39.3 Å². The van der Waals surface area contributed by atoms with Gasteiger partial charge >= 0.3 is 17.6 Å². The van der Waals surface area contributed by atoms with Crippen molar-refractivity contribution in [1.82, 2.24) is 4.98 Å². The topological polar surface area (TPSA) is 120 Å². The van der Waals surface area contributed by atoms with E-state index in [4.69, 9.17) is 9.84 Å². The van der Waals surface area contributed by atoms with Crippen molar-refractivity contribution in [2.75, 3.05) is 12.4 Å². The van der Waals surface area contributed by atoms with Crippen LogP contribution < -0.4 is 0 Å². The van der Waals surface area contributed by atoms with Crippen LogP contribution in [0.3, 0.4) is 0 Å². The maximum Gasteiger partial charge on any atom is 0.342 e. The van der Waals surface area contributed by atoms with Gasteiger partial charge in [-0.1, -0.05) is 11.8 Å². The number of rotatable bonds is 6. The highest BCUT2D eigenvalue weighted by atomic mass is 32.2. The van der Waals surface area contributed by atoms with Crippen LogP contribution in [0.15, 0.2) is 17.3 Å². The maximum absolute atomic E-state index is 11.1. The molecule has 1 N–H and O–H groups in total. The molecule has 0 fully saturated rings. The average Bonchev–Trinajstić information content (AvgIpc) is 2.36. The van der Waals surface area contributed by atoms with E-state index in [1.807, 2.05) is 0 Å². The number of hydrogen-bond donors (Lipinski definition) is 1. The fourth-order valence-corrected chi connectivity index (χ4v) is 1.84. The van der Waals surface area contributed by atoms with Gasteiger partial charge < -0.3 is 9.84 Å². The number of aromatic carboxylic acids is 1. The molecule has 102 valence electrons. The fraction of sp³-hybridized carbons (Fsp3) is 0.300. The van der Waals surface area contributed by atoms with Crippen LogP contribution >= 0.6 is 11.8 Å². The summed E-state index contributed by atoms with van der Waals surface area (Å²) in [7, 11) is 0. The molecule has 0 aromatic carbocycles. The summed E-state index contributed by atoms with van der Waals surface area (Å²) >= 11 is 0.949. The molecule has 0 aliphatic carbocycles. The molecular formula is C10H10N2O6S. The molecule has 0 amide bonds. The fourth-order valence-electron chi connectivity index (χ4n) is 1.16. The highest BCUT2D eigenvalue weighted by Gasteiger charge is 2.21. The van der Waals surface area contributed by atoms with Crippen LogP contribution in [0, 0.1) is 10.1 Å². The van der Waals surface area contributed by atoms with Gasteiger partial charge in [-0.05, 0) is 13.0 Å². The van der Waals surface area contributed by atoms with Gasteiger partial charge in [-0.15, -0.1) is 0 Å². The van der Waals surface area contributed by atoms with E-state index >= 15 is 0 Å². The van der Waals surface area contributed by atoms with Gasteiger partial charge in [-0.3, -0.25) is 14.9 Å². The van der Waals surface area contributed by atoms with Gasteiger partial charge in [-0.2, -0.15) is 0 Å². The highest BCUT2D eigenvalue weighted by Crippen LogP contribution is 2.23. The normalized spacial score (nSPS) is 9.95.